The molecule has 0 spiro atoms. The number of carbonyl (C=O) groups is 1. The number of hydrogen-bond acceptors (Lipinski definition) is 5. The highest BCUT2D eigenvalue weighted by atomic mass is 79.9. The maximum absolute atomic E-state index is 13.0. The topological polar surface area (TPSA) is 68.3 Å². The Morgan fingerprint density at radius 1 is 1.30 bits per heavy atom. The summed E-state index contributed by atoms with van der Waals surface area (Å²) in [6, 6.07) is 5.92. The first-order valence-corrected chi connectivity index (χ1v) is 10.1. The predicted octanol–water partition coefficient (Wildman–Crippen LogP) is 3.71. The van der Waals surface area contributed by atoms with Gasteiger partial charge in [0.25, 0.3) is 5.91 Å². The zero-order valence-electron chi connectivity index (χ0n) is 14.8. The number of halogens is 1. The van der Waals surface area contributed by atoms with E-state index in [0.29, 0.717) is 17.8 Å². The van der Waals surface area contributed by atoms with Gasteiger partial charge in [-0.3, -0.25) is 9.48 Å². The summed E-state index contributed by atoms with van der Waals surface area (Å²) >= 11 is 5.13. The van der Waals surface area contributed by atoms with Gasteiger partial charge in [0.15, 0.2) is 5.65 Å². The number of nitrogens with zero attached hydrogens (tertiary/aromatic N) is 6. The minimum Gasteiger partial charge on any atom is -0.336 e. The number of amides is 1. The molecule has 0 aliphatic rings. The fourth-order valence-corrected chi connectivity index (χ4v) is 4.13. The highest BCUT2D eigenvalue weighted by molar-refractivity contribution is 9.10. The summed E-state index contributed by atoms with van der Waals surface area (Å²) < 4.78 is 4.48. The van der Waals surface area contributed by atoms with Gasteiger partial charge in [-0.05, 0) is 40.4 Å². The fourth-order valence-electron chi connectivity index (χ4n) is 2.97. The van der Waals surface area contributed by atoms with Crippen LogP contribution in [0.3, 0.4) is 0 Å². The Bertz CT molecular complexity index is 1100. The van der Waals surface area contributed by atoms with Crippen LogP contribution in [0.15, 0.2) is 46.6 Å². The Kier molecular flexibility index (Phi) is 4.79. The van der Waals surface area contributed by atoms with Gasteiger partial charge in [0.2, 0.25) is 0 Å². The largest absolute Gasteiger partial charge is 0.336 e. The van der Waals surface area contributed by atoms with Gasteiger partial charge in [-0.1, -0.05) is 6.07 Å². The van der Waals surface area contributed by atoms with Crippen LogP contribution in [0.4, 0.5) is 0 Å². The lowest BCUT2D eigenvalue weighted by Crippen LogP contribution is -2.27. The quantitative estimate of drug-likeness (QED) is 0.470. The van der Waals surface area contributed by atoms with E-state index in [2.05, 4.69) is 31.1 Å². The van der Waals surface area contributed by atoms with Gasteiger partial charge in [-0.25, -0.2) is 9.50 Å². The molecule has 0 saturated heterocycles. The van der Waals surface area contributed by atoms with E-state index in [0.717, 1.165) is 27.3 Å². The molecule has 0 unspecified atom stereocenters. The van der Waals surface area contributed by atoms with Crippen molar-refractivity contribution in [3.8, 4) is 10.6 Å². The summed E-state index contributed by atoms with van der Waals surface area (Å²) in [7, 11) is 1.77. The molecular weight excluding hydrogens is 428 g/mol. The summed E-state index contributed by atoms with van der Waals surface area (Å²) in [5.74, 6) is -0.128. The molecule has 0 bridgehead atoms. The average Bonchev–Trinajstić information content (AvgIpc) is 3.41. The van der Waals surface area contributed by atoms with Gasteiger partial charge in [-0.15, -0.1) is 11.3 Å². The Morgan fingerprint density at radius 2 is 2.15 bits per heavy atom. The van der Waals surface area contributed by atoms with Crippen molar-refractivity contribution in [3.63, 3.8) is 0 Å². The molecule has 0 aliphatic heterocycles. The molecule has 4 aromatic rings. The van der Waals surface area contributed by atoms with Crippen molar-refractivity contribution in [2.45, 2.75) is 20.0 Å². The average molecular weight is 445 g/mol. The highest BCUT2D eigenvalue weighted by Crippen LogP contribution is 2.26. The van der Waals surface area contributed by atoms with Crippen molar-refractivity contribution >= 4 is 38.8 Å². The van der Waals surface area contributed by atoms with E-state index < -0.39 is 0 Å². The number of fused-ring (bicyclic) bond motifs is 1. The molecule has 7 nitrogen and oxygen atoms in total. The Morgan fingerprint density at radius 3 is 2.89 bits per heavy atom. The van der Waals surface area contributed by atoms with Crippen molar-refractivity contribution in [3.05, 3.63) is 57.9 Å². The van der Waals surface area contributed by atoms with E-state index in [1.54, 1.807) is 46.4 Å². The molecule has 9 heteroatoms. The molecule has 0 N–H and O–H groups in total. The number of rotatable bonds is 5. The molecule has 4 heterocycles. The molecule has 27 heavy (non-hydrogen) atoms. The van der Waals surface area contributed by atoms with Crippen LogP contribution in [0.25, 0.3) is 16.2 Å². The van der Waals surface area contributed by atoms with Crippen LogP contribution in [-0.4, -0.2) is 42.2 Å². The van der Waals surface area contributed by atoms with Crippen molar-refractivity contribution in [1.29, 1.82) is 0 Å². The summed E-state index contributed by atoms with van der Waals surface area (Å²) in [6.07, 6.45) is 5.05. The number of aromatic nitrogens is 5. The van der Waals surface area contributed by atoms with Gasteiger partial charge < -0.3 is 4.90 Å². The summed E-state index contributed by atoms with van der Waals surface area (Å²) in [5.41, 5.74) is 2.91. The van der Waals surface area contributed by atoms with Crippen LogP contribution in [0.5, 0.6) is 0 Å². The first-order valence-electron chi connectivity index (χ1n) is 8.42. The summed E-state index contributed by atoms with van der Waals surface area (Å²) in [6.45, 7) is 3.20. The van der Waals surface area contributed by atoms with Crippen LogP contribution in [0, 0.1) is 0 Å². The monoisotopic (exact) mass is 444 g/mol. The lowest BCUT2D eigenvalue weighted by atomic mass is 10.2. The van der Waals surface area contributed by atoms with Gasteiger partial charge in [0.1, 0.15) is 5.56 Å². The highest BCUT2D eigenvalue weighted by Gasteiger charge is 2.21. The molecule has 4 rings (SSSR count). The number of thiophene rings is 1. The maximum atomic E-state index is 13.0. The van der Waals surface area contributed by atoms with Crippen LogP contribution < -0.4 is 0 Å². The molecule has 1 amide bonds. The van der Waals surface area contributed by atoms with E-state index in [9.17, 15) is 4.79 Å². The second-order valence-corrected chi connectivity index (χ2v) is 7.82. The van der Waals surface area contributed by atoms with Crippen LogP contribution in [0.2, 0.25) is 0 Å². The molecule has 0 aliphatic carbocycles. The van der Waals surface area contributed by atoms with Crippen LogP contribution in [-0.2, 0) is 13.1 Å². The molecule has 4 aromatic heterocycles. The molecule has 0 fully saturated rings. The summed E-state index contributed by atoms with van der Waals surface area (Å²) in [5, 5.41) is 10.7. The third-order valence-corrected chi connectivity index (χ3v) is 5.89. The Labute approximate surface area is 168 Å². The number of carbonyl (C=O) groups excluding carboxylic acids is 1. The van der Waals surface area contributed by atoms with E-state index in [4.69, 9.17) is 0 Å². The minimum absolute atomic E-state index is 0.128. The van der Waals surface area contributed by atoms with Gasteiger partial charge in [-0.2, -0.15) is 10.2 Å². The van der Waals surface area contributed by atoms with E-state index >= 15 is 0 Å². The molecular formula is C18H17BrN6OS. The van der Waals surface area contributed by atoms with Crippen molar-refractivity contribution in [1.82, 2.24) is 29.3 Å². The lowest BCUT2D eigenvalue weighted by molar-refractivity contribution is 0.0783. The Hall–Kier alpha value is -2.52. The maximum Gasteiger partial charge on any atom is 0.259 e. The normalized spacial score (nSPS) is 11.2. The SMILES string of the molecule is CCn1ncc(Br)c1CN(C)C(=O)c1cnn2c(-c3cccs3)ccnc12. The second kappa shape index (κ2) is 7.24. The second-order valence-electron chi connectivity index (χ2n) is 6.02. The number of aryl methyl sites for hydroxylation is 1. The van der Waals surface area contributed by atoms with E-state index in [1.165, 1.54) is 0 Å². The van der Waals surface area contributed by atoms with E-state index in [1.807, 2.05) is 35.2 Å². The fraction of sp³-hybridized carbons (Fsp3) is 0.222. The minimum atomic E-state index is -0.128. The van der Waals surface area contributed by atoms with Crippen molar-refractivity contribution in [2.24, 2.45) is 0 Å². The molecule has 0 aromatic carbocycles. The molecule has 138 valence electrons. The van der Waals surface area contributed by atoms with Gasteiger partial charge >= 0.3 is 0 Å². The lowest BCUT2D eigenvalue weighted by Gasteiger charge is -2.17. The molecule has 0 atom stereocenters. The molecule has 0 radical (unpaired) electrons. The third kappa shape index (κ3) is 3.17. The predicted molar refractivity (Wildman–Crippen MR) is 108 cm³/mol. The first-order chi connectivity index (χ1) is 13.1. The smallest absolute Gasteiger partial charge is 0.259 e. The first kappa shape index (κ1) is 17.9. The summed E-state index contributed by atoms with van der Waals surface area (Å²) in [4.78, 5) is 20.2. The molecule has 0 saturated carbocycles. The Balaban J connectivity index is 1.67. The zero-order valence-corrected chi connectivity index (χ0v) is 17.2. The van der Waals surface area contributed by atoms with Crippen LogP contribution in [0.1, 0.15) is 23.0 Å². The van der Waals surface area contributed by atoms with Crippen LogP contribution >= 0.6 is 27.3 Å². The van der Waals surface area contributed by atoms with Gasteiger partial charge in [0.05, 0.1) is 39.7 Å². The zero-order chi connectivity index (χ0) is 19.0. The standard InChI is InChI=1S/C18H17BrN6OS/c1-3-24-15(13(19)10-21-24)11-23(2)18(26)12-9-22-25-14(6-7-20-17(12)25)16-5-4-8-27-16/h4-10H,3,11H2,1-2H3. The van der Waals surface area contributed by atoms with Crippen molar-refractivity contribution < 1.29 is 4.79 Å². The van der Waals surface area contributed by atoms with E-state index in [-0.39, 0.29) is 5.91 Å². The van der Waals surface area contributed by atoms with Gasteiger partial charge in [0, 0.05) is 19.8 Å². The third-order valence-electron chi connectivity index (χ3n) is 4.34. The number of hydrogen-bond donors (Lipinski definition) is 0. The van der Waals surface area contributed by atoms with Crippen molar-refractivity contribution in [2.75, 3.05) is 7.05 Å².